The number of carbonyl (C=O) groups excluding carboxylic acids is 2. The second-order valence-electron chi connectivity index (χ2n) is 7.47. The summed E-state index contributed by atoms with van der Waals surface area (Å²) in [6.07, 6.45) is 0. The molecule has 0 bridgehead atoms. The minimum atomic E-state index is -1.02. The molecule has 0 aromatic heterocycles. The normalized spacial score (nSPS) is 21.6. The van der Waals surface area contributed by atoms with Crippen LogP contribution in [-0.2, 0) is 14.3 Å². The van der Waals surface area contributed by atoms with E-state index in [1.165, 1.54) is 23.1 Å². The highest BCUT2D eigenvalue weighted by atomic mass is 35.5. The van der Waals surface area contributed by atoms with Crippen molar-refractivity contribution in [1.29, 1.82) is 0 Å². The summed E-state index contributed by atoms with van der Waals surface area (Å²) < 4.78 is 20.1. The van der Waals surface area contributed by atoms with E-state index in [-0.39, 0.29) is 23.4 Å². The monoisotopic (exact) mass is 444 g/mol. The zero-order valence-electron chi connectivity index (χ0n) is 16.8. The first-order valence-electron chi connectivity index (χ1n) is 10.1. The van der Waals surface area contributed by atoms with E-state index in [4.69, 9.17) is 16.3 Å². The van der Waals surface area contributed by atoms with Gasteiger partial charge in [-0.15, -0.1) is 0 Å². The minimum Gasteiger partial charge on any atom is -0.507 e. The predicted octanol–water partition coefficient (Wildman–Crippen LogP) is 3.23. The molecule has 2 fully saturated rings. The Balaban J connectivity index is 1.75. The molecule has 1 atom stereocenters. The van der Waals surface area contributed by atoms with Gasteiger partial charge in [-0.3, -0.25) is 14.5 Å². The number of ether oxygens (including phenoxy) is 1. The summed E-state index contributed by atoms with van der Waals surface area (Å²) in [6.45, 7) is 3.39. The molecule has 2 aromatic carbocycles. The number of carbonyl (C=O) groups is 2. The Bertz CT molecular complexity index is 1020. The van der Waals surface area contributed by atoms with E-state index >= 15 is 0 Å². The molecule has 1 unspecified atom stereocenters. The molecule has 0 saturated carbocycles. The number of Topliss-reactive ketones (excluding diaryl/α,β-unsaturated/α-hetero) is 1. The van der Waals surface area contributed by atoms with Crippen molar-refractivity contribution >= 4 is 29.1 Å². The van der Waals surface area contributed by atoms with Gasteiger partial charge in [0, 0.05) is 42.3 Å². The first-order chi connectivity index (χ1) is 15.0. The van der Waals surface area contributed by atoms with Crippen LogP contribution in [0, 0.1) is 5.82 Å². The zero-order chi connectivity index (χ0) is 22.0. The summed E-state index contributed by atoms with van der Waals surface area (Å²) in [6, 6.07) is 11.2. The van der Waals surface area contributed by atoms with Crippen molar-refractivity contribution in [2.24, 2.45) is 0 Å². The molecule has 6 nitrogen and oxygen atoms in total. The number of aliphatic hydroxyl groups is 1. The molecule has 2 aliphatic heterocycles. The van der Waals surface area contributed by atoms with E-state index in [9.17, 15) is 19.1 Å². The number of likely N-dealkylation sites (tertiary alicyclic amines) is 1. The van der Waals surface area contributed by atoms with E-state index < -0.39 is 23.5 Å². The van der Waals surface area contributed by atoms with Gasteiger partial charge in [0.2, 0.25) is 0 Å². The molecule has 31 heavy (non-hydrogen) atoms. The maximum absolute atomic E-state index is 14.8. The fraction of sp³-hybridized carbons (Fsp3) is 0.304. The van der Waals surface area contributed by atoms with E-state index in [0.29, 0.717) is 30.3 Å². The number of hydrogen-bond donors (Lipinski definition) is 1. The van der Waals surface area contributed by atoms with Gasteiger partial charge in [0.25, 0.3) is 11.7 Å². The van der Waals surface area contributed by atoms with Crippen LogP contribution in [0.3, 0.4) is 0 Å². The van der Waals surface area contributed by atoms with Crippen LogP contribution in [0.2, 0.25) is 5.02 Å². The molecule has 0 spiro atoms. The number of morpholine rings is 1. The maximum atomic E-state index is 14.8. The maximum Gasteiger partial charge on any atom is 0.295 e. The van der Waals surface area contributed by atoms with Gasteiger partial charge >= 0.3 is 0 Å². The molecule has 2 heterocycles. The molecule has 2 saturated heterocycles. The summed E-state index contributed by atoms with van der Waals surface area (Å²) in [5.74, 6) is -2.48. The fourth-order valence-corrected chi connectivity index (χ4v) is 4.09. The molecule has 0 radical (unpaired) electrons. The van der Waals surface area contributed by atoms with E-state index in [1.54, 1.807) is 30.3 Å². The van der Waals surface area contributed by atoms with Crippen LogP contribution in [0.4, 0.5) is 4.39 Å². The lowest BCUT2D eigenvalue weighted by molar-refractivity contribution is -0.140. The Morgan fingerprint density at radius 2 is 1.74 bits per heavy atom. The van der Waals surface area contributed by atoms with Gasteiger partial charge in [-0.1, -0.05) is 29.8 Å². The van der Waals surface area contributed by atoms with Crippen molar-refractivity contribution < 1.29 is 23.8 Å². The molecular formula is C23H22ClFN2O4. The van der Waals surface area contributed by atoms with Crippen molar-refractivity contribution in [2.45, 2.75) is 6.04 Å². The Morgan fingerprint density at radius 1 is 1.06 bits per heavy atom. The van der Waals surface area contributed by atoms with Gasteiger partial charge in [0.15, 0.2) is 0 Å². The van der Waals surface area contributed by atoms with Crippen LogP contribution in [0.5, 0.6) is 0 Å². The molecule has 2 aliphatic rings. The van der Waals surface area contributed by atoms with Crippen LogP contribution >= 0.6 is 11.6 Å². The van der Waals surface area contributed by atoms with Crippen molar-refractivity contribution in [3.63, 3.8) is 0 Å². The van der Waals surface area contributed by atoms with Crippen molar-refractivity contribution in [2.75, 3.05) is 39.4 Å². The predicted molar refractivity (Wildman–Crippen MR) is 114 cm³/mol. The molecule has 4 rings (SSSR count). The van der Waals surface area contributed by atoms with Gasteiger partial charge in [0.1, 0.15) is 11.6 Å². The number of rotatable bonds is 5. The van der Waals surface area contributed by atoms with Crippen LogP contribution in [-0.4, -0.2) is 66.0 Å². The second kappa shape index (κ2) is 9.18. The lowest BCUT2D eigenvalue weighted by Crippen LogP contribution is -2.42. The Kier molecular flexibility index (Phi) is 6.36. The third-order valence-corrected chi connectivity index (χ3v) is 5.87. The van der Waals surface area contributed by atoms with E-state index in [0.717, 1.165) is 13.1 Å². The lowest BCUT2D eigenvalue weighted by atomic mass is 9.95. The Labute approximate surface area is 184 Å². The summed E-state index contributed by atoms with van der Waals surface area (Å²) in [5, 5.41) is 11.4. The summed E-state index contributed by atoms with van der Waals surface area (Å²) >= 11 is 5.92. The summed E-state index contributed by atoms with van der Waals surface area (Å²) in [5.41, 5.74) is 0.371. The molecule has 2 aromatic rings. The molecular weight excluding hydrogens is 423 g/mol. The quantitative estimate of drug-likeness (QED) is 0.435. The van der Waals surface area contributed by atoms with E-state index in [1.807, 2.05) is 0 Å². The average molecular weight is 445 g/mol. The number of hydrogen-bond acceptors (Lipinski definition) is 5. The van der Waals surface area contributed by atoms with Gasteiger partial charge in [0.05, 0.1) is 24.8 Å². The van der Waals surface area contributed by atoms with Gasteiger partial charge in [-0.05, 0) is 30.3 Å². The molecule has 1 amide bonds. The minimum absolute atomic E-state index is 0.126. The van der Waals surface area contributed by atoms with Crippen molar-refractivity contribution in [3.05, 3.63) is 76.1 Å². The van der Waals surface area contributed by atoms with E-state index in [2.05, 4.69) is 4.90 Å². The van der Waals surface area contributed by atoms with Crippen molar-refractivity contribution in [3.8, 4) is 0 Å². The number of nitrogens with zero attached hydrogens (tertiary/aromatic N) is 2. The fourth-order valence-electron chi connectivity index (χ4n) is 3.97. The second-order valence-corrected chi connectivity index (χ2v) is 7.91. The number of halogens is 2. The highest BCUT2D eigenvalue weighted by Crippen LogP contribution is 2.40. The van der Waals surface area contributed by atoms with Gasteiger partial charge in [-0.2, -0.15) is 0 Å². The average Bonchev–Trinajstić information content (AvgIpc) is 3.03. The highest BCUT2D eigenvalue weighted by molar-refractivity contribution is 6.46. The largest absolute Gasteiger partial charge is 0.507 e. The number of amides is 1. The topological polar surface area (TPSA) is 70.1 Å². The number of ketones is 1. The number of aliphatic hydroxyl groups excluding tert-OH is 1. The summed E-state index contributed by atoms with van der Waals surface area (Å²) in [4.78, 5) is 29.3. The van der Waals surface area contributed by atoms with Crippen LogP contribution in [0.25, 0.3) is 5.76 Å². The molecule has 1 N–H and O–H groups in total. The molecule has 162 valence electrons. The molecule has 0 aliphatic carbocycles. The smallest absolute Gasteiger partial charge is 0.295 e. The standard InChI is InChI=1S/C23H22ClFN2O4/c24-16-7-5-15(6-8-16)21(28)19-20(17-3-1-2-4-18(17)25)27(23(30)22(19)29)10-9-26-11-13-31-14-12-26/h1-8,20,28H,9-14H2/b21-19+. The Hall–Kier alpha value is -2.74. The highest BCUT2D eigenvalue weighted by Gasteiger charge is 2.46. The molecule has 8 heteroatoms. The number of benzene rings is 2. The SMILES string of the molecule is O=C1C(=O)N(CCN2CCOCC2)C(c2ccccc2F)/C1=C(\O)c1ccc(Cl)cc1. The van der Waals surface area contributed by atoms with Crippen LogP contribution in [0.15, 0.2) is 54.1 Å². The van der Waals surface area contributed by atoms with Crippen LogP contribution < -0.4 is 0 Å². The lowest BCUT2D eigenvalue weighted by Gasteiger charge is -2.31. The summed E-state index contributed by atoms with van der Waals surface area (Å²) in [7, 11) is 0. The van der Waals surface area contributed by atoms with Crippen LogP contribution in [0.1, 0.15) is 17.2 Å². The third kappa shape index (κ3) is 4.35. The first-order valence-corrected chi connectivity index (χ1v) is 10.4. The van der Waals surface area contributed by atoms with Gasteiger partial charge in [-0.25, -0.2) is 4.39 Å². The Morgan fingerprint density at radius 3 is 2.42 bits per heavy atom. The van der Waals surface area contributed by atoms with Gasteiger partial charge < -0.3 is 14.7 Å². The third-order valence-electron chi connectivity index (χ3n) is 5.62. The zero-order valence-corrected chi connectivity index (χ0v) is 17.5. The first kappa shape index (κ1) is 21.5. The van der Waals surface area contributed by atoms with Crippen molar-refractivity contribution in [1.82, 2.24) is 9.80 Å².